The van der Waals surface area contributed by atoms with Crippen LogP contribution in [-0.2, 0) is 10.0 Å². The van der Waals surface area contributed by atoms with Crippen LogP contribution < -0.4 is 11.1 Å². The number of nitrogens with one attached hydrogen (secondary N) is 1. The molecular weight excluding hydrogens is 362 g/mol. The zero-order valence-electron chi connectivity index (χ0n) is 15.6. The van der Waals surface area contributed by atoms with E-state index in [4.69, 9.17) is 5.73 Å². The van der Waals surface area contributed by atoms with Crippen molar-refractivity contribution in [3.05, 3.63) is 53.6 Å². The molecule has 3 N–H and O–H groups in total. The van der Waals surface area contributed by atoms with Crippen LogP contribution in [0.25, 0.3) is 0 Å². The molecule has 1 fully saturated rings. The molecular formula is C20H25N3O3S. The molecule has 144 valence electrons. The van der Waals surface area contributed by atoms with Crippen molar-refractivity contribution < 1.29 is 13.2 Å². The third-order valence-electron chi connectivity index (χ3n) is 5.01. The molecule has 2 aromatic carbocycles. The van der Waals surface area contributed by atoms with E-state index in [1.807, 2.05) is 13.0 Å². The highest BCUT2D eigenvalue weighted by molar-refractivity contribution is 7.89. The molecule has 2 aromatic rings. The maximum absolute atomic E-state index is 12.8. The number of aryl methyl sites for hydroxylation is 1. The first-order valence-electron chi connectivity index (χ1n) is 9.05. The number of anilines is 2. The van der Waals surface area contributed by atoms with Crippen LogP contribution in [-0.4, -0.2) is 31.7 Å². The number of benzene rings is 2. The van der Waals surface area contributed by atoms with Crippen molar-refractivity contribution >= 4 is 27.3 Å². The van der Waals surface area contributed by atoms with Crippen LogP contribution >= 0.6 is 0 Å². The topological polar surface area (TPSA) is 92.5 Å². The van der Waals surface area contributed by atoms with Gasteiger partial charge >= 0.3 is 0 Å². The lowest BCUT2D eigenvalue weighted by molar-refractivity contribution is 0.102. The van der Waals surface area contributed by atoms with E-state index < -0.39 is 10.0 Å². The van der Waals surface area contributed by atoms with Gasteiger partial charge in [-0.1, -0.05) is 13.0 Å². The van der Waals surface area contributed by atoms with Gasteiger partial charge in [-0.15, -0.1) is 0 Å². The van der Waals surface area contributed by atoms with E-state index in [-0.39, 0.29) is 10.8 Å². The predicted molar refractivity (Wildman–Crippen MR) is 107 cm³/mol. The summed E-state index contributed by atoms with van der Waals surface area (Å²) in [6.07, 6.45) is 1.75. The van der Waals surface area contributed by atoms with Gasteiger partial charge in [-0.3, -0.25) is 4.79 Å². The van der Waals surface area contributed by atoms with Crippen LogP contribution in [0.3, 0.4) is 0 Å². The number of carbonyl (C=O) groups is 1. The zero-order chi connectivity index (χ0) is 19.6. The standard InChI is InChI=1S/C20H25N3O3S/c1-14-9-11-23(12-10-14)27(25,26)18-7-4-16(5-8-18)20(24)22-19-13-17(21)6-3-15(19)2/h3-8,13-14H,9-12,21H2,1-2H3,(H,22,24). The van der Waals surface area contributed by atoms with Gasteiger partial charge in [0.25, 0.3) is 5.91 Å². The highest BCUT2D eigenvalue weighted by atomic mass is 32.2. The van der Waals surface area contributed by atoms with E-state index in [1.54, 1.807) is 12.1 Å². The van der Waals surface area contributed by atoms with Gasteiger partial charge in [0.15, 0.2) is 0 Å². The van der Waals surface area contributed by atoms with Crippen LogP contribution in [0.1, 0.15) is 35.7 Å². The van der Waals surface area contributed by atoms with Gasteiger partial charge in [-0.25, -0.2) is 8.42 Å². The van der Waals surface area contributed by atoms with Crippen molar-refractivity contribution in [3.8, 4) is 0 Å². The molecule has 1 aliphatic heterocycles. The minimum atomic E-state index is -3.51. The van der Waals surface area contributed by atoms with Crippen LogP contribution in [0.2, 0.25) is 0 Å². The highest BCUT2D eigenvalue weighted by Gasteiger charge is 2.28. The smallest absolute Gasteiger partial charge is 0.255 e. The average Bonchev–Trinajstić information content (AvgIpc) is 2.65. The summed E-state index contributed by atoms with van der Waals surface area (Å²) in [5.41, 5.74) is 8.26. The summed E-state index contributed by atoms with van der Waals surface area (Å²) in [5, 5.41) is 2.81. The van der Waals surface area contributed by atoms with Crippen molar-refractivity contribution in [1.29, 1.82) is 0 Å². The number of nitrogens with zero attached hydrogens (tertiary/aromatic N) is 1. The Morgan fingerprint density at radius 2 is 1.74 bits per heavy atom. The number of rotatable bonds is 4. The van der Waals surface area contributed by atoms with E-state index >= 15 is 0 Å². The van der Waals surface area contributed by atoms with Gasteiger partial charge in [0.2, 0.25) is 10.0 Å². The van der Waals surface area contributed by atoms with Crippen molar-refractivity contribution in [2.75, 3.05) is 24.1 Å². The number of carbonyl (C=O) groups excluding carboxylic acids is 1. The fourth-order valence-corrected chi connectivity index (χ4v) is 4.59. The first-order valence-corrected chi connectivity index (χ1v) is 10.5. The largest absolute Gasteiger partial charge is 0.399 e. The summed E-state index contributed by atoms with van der Waals surface area (Å²) in [6.45, 7) is 5.10. The first kappa shape index (κ1) is 19.4. The second-order valence-corrected chi connectivity index (χ2v) is 9.08. The highest BCUT2D eigenvalue weighted by Crippen LogP contribution is 2.24. The Balaban J connectivity index is 1.74. The lowest BCUT2D eigenvalue weighted by atomic mass is 10.0. The van der Waals surface area contributed by atoms with Gasteiger partial charge in [0.1, 0.15) is 0 Å². The Morgan fingerprint density at radius 1 is 1.11 bits per heavy atom. The second-order valence-electron chi connectivity index (χ2n) is 7.14. The molecule has 27 heavy (non-hydrogen) atoms. The molecule has 1 saturated heterocycles. The Morgan fingerprint density at radius 3 is 2.37 bits per heavy atom. The van der Waals surface area contributed by atoms with E-state index in [9.17, 15) is 13.2 Å². The molecule has 0 aromatic heterocycles. The molecule has 0 spiro atoms. The summed E-state index contributed by atoms with van der Waals surface area (Å²) < 4.78 is 27.0. The van der Waals surface area contributed by atoms with Crippen LogP contribution in [0, 0.1) is 12.8 Å². The number of hydrogen-bond acceptors (Lipinski definition) is 4. The Kier molecular flexibility index (Phi) is 5.53. The van der Waals surface area contributed by atoms with Crippen molar-refractivity contribution in [3.63, 3.8) is 0 Å². The Bertz CT molecular complexity index is 931. The molecule has 0 unspecified atom stereocenters. The van der Waals surface area contributed by atoms with Gasteiger partial charge in [-0.2, -0.15) is 4.31 Å². The third-order valence-corrected chi connectivity index (χ3v) is 6.92. The molecule has 0 aliphatic carbocycles. The fourth-order valence-electron chi connectivity index (χ4n) is 3.12. The van der Waals surface area contributed by atoms with E-state index in [2.05, 4.69) is 12.2 Å². The van der Waals surface area contributed by atoms with Crippen molar-refractivity contribution in [1.82, 2.24) is 4.31 Å². The maximum atomic E-state index is 12.8. The molecule has 6 nitrogen and oxygen atoms in total. The number of nitrogens with two attached hydrogens (primary N) is 1. The fraction of sp³-hybridized carbons (Fsp3) is 0.350. The number of amides is 1. The molecule has 0 bridgehead atoms. The molecule has 0 radical (unpaired) electrons. The Hall–Kier alpha value is -2.38. The minimum absolute atomic E-state index is 0.216. The molecule has 1 aliphatic rings. The van der Waals surface area contributed by atoms with Crippen molar-refractivity contribution in [2.45, 2.75) is 31.6 Å². The summed E-state index contributed by atoms with van der Waals surface area (Å²) in [4.78, 5) is 12.7. The summed E-state index contributed by atoms with van der Waals surface area (Å²) in [5.74, 6) is 0.248. The van der Waals surface area contributed by atoms with Gasteiger partial charge in [-0.05, 0) is 67.6 Å². The van der Waals surface area contributed by atoms with Gasteiger partial charge in [0.05, 0.1) is 4.90 Å². The first-order chi connectivity index (χ1) is 12.8. The van der Waals surface area contributed by atoms with E-state index in [0.717, 1.165) is 18.4 Å². The summed E-state index contributed by atoms with van der Waals surface area (Å²) >= 11 is 0. The number of hydrogen-bond donors (Lipinski definition) is 2. The van der Waals surface area contributed by atoms with E-state index in [1.165, 1.54) is 28.6 Å². The van der Waals surface area contributed by atoms with Gasteiger partial charge in [0, 0.05) is 30.0 Å². The maximum Gasteiger partial charge on any atom is 0.255 e. The second kappa shape index (κ2) is 7.70. The average molecular weight is 388 g/mol. The molecule has 1 amide bonds. The SMILES string of the molecule is Cc1ccc(N)cc1NC(=O)c1ccc(S(=O)(=O)N2CCC(C)CC2)cc1. The lowest BCUT2D eigenvalue weighted by Crippen LogP contribution is -2.37. The summed E-state index contributed by atoms with van der Waals surface area (Å²) in [6, 6.07) is 11.4. The summed E-state index contributed by atoms with van der Waals surface area (Å²) in [7, 11) is -3.51. The van der Waals surface area contributed by atoms with Crippen LogP contribution in [0.15, 0.2) is 47.4 Å². The van der Waals surface area contributed by atoms with Crippen molar-refractivity contribution in [2.24, 2.45) is 5.92 Å². The normalized spacial score (nSPS) is 16.2. The minimum Gasteiger partial charge on any atom is -0.399 e. The zero-order valence-corrected chi connectivity index (χ0v) is 16.4. The number of piperidine rings is 1. The third kappa shape index (κ3) is 4.31. The Labute approximate surface area is 160 Å². The lowest BCUT2D eigenvalue weighted by Gasteiger charge is -2.29. The quantitative estimate of drug-likeness (QED) is 0.788. The molecule has 0 saturated carbocycles. The predicted octanol–water partition coefficient (Wildman–Crippen LogP) is 3.25. The molecule has 3 rings (SSSR count). The monoisotopic (exact) mass is 387 g/mol. The number of nitrogen functional groups attached to an aromatic ring is 1. The molecule has 1 heterocycles. The van der Waals surface area contributed by atoms with E-state index in [0.29, 0.717) is 35.9 Å². The van der Waals surface area contributed by atoms with Gasteiger partial charge < -0.3 is 11.1 Å². The number of sulfonamides is 1. The van der Waals surface area contributed by atoms with Crippen LogP contribution in [0.5, 0.6) is 0 Å². The van der Waals surface area contributed by atoms with Crippen LogP contribution in [0.4, 0.5) is 11.4 Å². The molecule has 0 atom stereocenters. The molecule has 7 heteroatoms.